The van der Waals surface area contributed by atoms with Gasteiger partial charge >= 0.3 is 0 Å². The molecule has 0 aromatic heterocycles. The molecule has 0 fully saturated rings. The molecule has 0 nitrogen and oxygen atoms in total. The van der Waals surface area contributed by atoms with Gasteiger partial charge in [0.25, 0.3) is 0 Å². The number of rotatable bonds is 3. The molecule has 0 atom stereocenters. The van der Waals surface area contributed by atoms with Gasteiger partial charge in [-0.25, -0.2) is 0 Å². The summed E-state index contributed by atoms with van der Waals surface area (Å²) < 4.78 is 0. The zero-order chi connectivity index (χ0) is 4.83. The molecule has 0 radical (unpaired) electrons. The maximum atomic E-state index is 3.72. The predicted molar refractivity (Wildman–Crippen MR) is 36.7 cm³/mol. The first-order chi connectivity index (χ1) is 2.91. The highest BCUT2D eigenvalue weighted by atomic mass is 35.5. The molecule has 1 heteroatoms. The van der Waals surface area contributed by atoms with Crippen molar-refractivity contribution in [2.24, 2.45) is 0 Å². The Kier molecular flexibility index (Phi) is 14.1. The van der Waals surface area contributed by atoms with Crippen LogP contribution in [0.4, 0.5) is 0 Å². The van der Waals surface area contributed by atoms with E-state index >= 15 is 0 Å². The fourth-order valence-corrected chi connectivity index (χ4v) is 0.427. The van der Waals surface area contributed by atoms with Gasteiger partial charge in [-0.1, -0.05) is 26.2 Å². The molecular weight excluding hydrogens is 108 g/mol. The van der Waals surface area contributed by atoms with E-state index < -0.39 is 0 Å². The Labute approximate surface area is 52.7 Å². The second-order valence-electron chi connectivity index (χ2n) is 1.56. The highest BCUT2D eigenvalue weighted by molar-refractivity contribution is 5.85. The number of unbranched alkanes of at least 4 members (excludes halogenated alkanes) is 3. The molecule has 0 aromatic carbocycles. The molecule has 0 rings (SSSR count). The van der Waals surface area contributed by atoms with Crippen LogP contribution < -0.4 is 0 Å². The van der Waals surface area contributed by atoms with E-state index in [1.54, 1.807) is 0 Å². The summed E-state index contributed by atoms with van der Waals surface area (Å²) in [4.78, 5) is 0. The Morgan fingerprint density at radius 1 is 1.29 bits per heavy atom. The van der Waals surface area contributed by atoms with Crippen LogP contribution in [0.3, 0.4) is 0 Å². The topological polar surface area (TPSA) is 0 Å². The monoisotopic (exact) mass is 121 g/mol. The lowest BCUT2D eigenvalue weighted by atomic mass is 10.2. The minimum absolute atomic E-state index is 0. The largest absolute Gasteiger partial charge is 0.343 e. The molecule has 0 saturated carbocycles. The number of halogens is 1. The molecule has 0 N–H and O–H groups in total. The van der Waals surface area contributed by atoms with E-state index in [0.29, 0.717) is 0 Å². The highest BCUT2D eigenvalue weighted by Crippen LogP contribution is 1.95. The molecule has 0 saturated heterocycles. The molecule has 0 amide bonds. The van der Waals surface area contributed by atoms with Crippen molar-refractivity contribution >= 4 is 12.4 Å². The molecule has 0 aromatic rings. The van der Waals surface area contributed by atoms with Crippen LogP contribution in [0.2, 0.25) is 0 Å². The first-order valence-electron chi connectivity index (χ1n) is 2.71. The van der Waals surface area contributed by atoms with Gasteiger partial charge in [0.05, 0.1) is 0 Å². The van der Waals surface area contributed by atoms with Gasteiger partial charge in [0, 0.05) is 0 Å². The normalized spacial score (nSPS) is 7.71. The predicted octanol–water partition coefficient (Wildman–Crippen LogP) is 2.82. The summed E-state index contributed by atoms with van der Waals surface area (Å²) in [5.74, 6) is 0. The lowest BCUT2D eigenvalue weighted by Crippen LogP contribution is -1.66. The van der Waals surface area contributed by atoms with Crippen LogP contribution >= 0.6 is 12.4 Å². The van der Waals surface area contributed by atoms with Crippen LogP contribution in [0.5, 0.6) is 0 Å². The summed E-state index contributed by atoms with van der Waals surface area (Å²) in [5.41, 5.74) is 0. The first kappa shape index (κ1) is 10.3. The molecule has 0 aliphatic rings. The fraction of sp³-hybridized carbons (Fsp3) is 0.833. The van der Waals surface area contributed by atoms with E-state index in [9.17, 15) is 0 Å². The Morgan fingerprint density at radius 2 is 1.86 bits per heavy atom. The highest BCUT2D eigenvalue weighted by Gasteiger charge is 1.71. The van der Waals surface area contributed by atoms with E-state index in [2.05, 4.69) is 13.8 Å². The van der Waals surface area contributed by atoms with Gasteiger partial charge in [0.15, 0.2) is 0 Å². The molecule has 0 unspecified atom stereocenters. The van der Waals surface area contributed by atoms with E-state index in [-0.39, 0.29) is 12.4 Å². The van der Waals surface area contributed by atoms with Crippen molar-refractivity contribution in [1.29, 1.82) is 0 Å². The molecule has 7 heavy (non-hydrogen) atoms. The summed E-state index contributed by atoms with van der Waals surface area (Å²) in [6, 6.07) is 0. The van der Waals surface area contributed by atoms with Crippen molar-refractivity contribution in [3.8, 4) is 0 Å². The Bertz CT molecular complexity index is 16.1. The van der Waals surface area contributed by atoms with Crippen molar-refractivity contribution in [2.45, 2.75) is 32.6 Å². The second-order valence-corrected chi connectivity index (χ2v) is 1.56. The third kappa shape index (κ3) is 10.7. The molecule has 0 spiro atoms. The Balaban J connectivity index is 0. The molecule has 46 valence electrons. The summed E-state index contributed by atoms with van der Waals surface area (Å²) >= 11 is 0. The molecular formula is C6H14Cl-. The first-order valence-corrected chi connectivity index (χ1v) is 2.71. The molecule has 0 bridgehead atoms. The van der Waals surface area contributed by atoms with E-state index in [0.717, 1.165) is 6.42 Å². The average Bonchev–Trinajstić information content (AvgIpc) is 1.61. The maximum Gasteiger partial charge on any atom is -0.0560 e. The molecule has 0 aliphatic carbocycles. The smallest absolute Gasteiger partial charge is 0.0560 e. The second kappa shape index (κ2) is 9.56. The van der Waals surface area contributed by atoms with Crippen LogP contribution in [-0.2, 0) is 0 Å². The van der Waals surface area contributed by atoms with E-state index in [1.807, 2.05) is 0 Å². The number of hydrogen-bond donors (Lipinski definition) is 0. The van der Waals surface area contributed by atoms with Crippen molar-refractivity contribution < 1.29 is 0 Å². The van der Waals surface area contributed by atoms with Gasteiger partial charge in [0.2, 0.25) is 0 Å². The summed E-state index contributed by atoms with van der Waals surface area (Å²) in [5, 5.41) is 0. The summed E-state index contributed by atoms with van der Waals surface area (Å²) in [7, 11) is 0. The third-order valence-corrected chi connectivity index (χ3v) is 0.854. The Hall–Kier alpha value is 0.290. The minimum Gasteiger partial charge on any atom is -0.343 e. The van der Waals surface area contributed by atoms with Crippen molar-refractivity contribution in [3.63, 3.8) is 0 Å². The maximum absolute atomic E-state index is 3.72. The standard InChI is InChI=1S/C6H13.ClH/c1-3-5-6-4-2;/h1,3-6H2,2H3;1H/q-1;. The quantitative estimate of drug-likeness (QED) is 0.398. The van der Waals surface area contributed by atoms with Gasteiger partial charge in [-0.15, -0.1) is 12.4 Å². The Morgan fingerprint density at radius 3 is 2.00 bits per heavy atom. The van der Waals surface area contributed by atoms with Gasteiger partial charge in [-0.3, -0.25) is 0 Å². The molecule has 0 aliphatic heterocycles. The van der Waals surface area contributed by atoms with Gasteiger partial charge in [0.1, 0.15) is 0 Å². The molecule has 0 heterocycles. The van der Waals surface area contributed by atoms with Crippen LogP contribution in [0, 0.1) is 6.92 Å². The van der Waals surface area contributed by atoms with E-state index in [1.165, 1.54) is 19.3 Å². The third-order valence-electron chi connectivity index (χ3n) is 0.854. The van der Waals surface area contributed by atoms with Crippen molar-refractivity contribution in [1.82, 2.24) is 0 Å². The average molecular weight is 122 g/mol. The van der Waals surface area contributed by atoms with Crippen LogP contribution in [-0.4, -0.2) is 0 Å². The fourth-order valence-electron chi connectivity index (χ4n) is 0.427. The zero-order valence-corrected chi connectivity index (χ0v) is 5.76. The number of hydrogen-bond acceptors (Lipinski definition) is 0. The van der Waals surface area contributed by atoms with E-state index in [4.69, 9.17) is 0 Å². The summed E-state index contributed by atoms with van der Waals surface area (Å²) in [6.45, 7) is 5.93. The van der Waals surface area contributed by atoms with Gasteiger partial charge in [-0.2, -0.15) is 6.42 Å². The van der Waals surface area contributed by atoms with Crippen LogP contribution in [0.15, 0.2) is 0 Å². The van der Waals surface area contributed by atoms with Crippen LogP contribution in [0.1, 0.15) is 32.6 Å². The SMILES string of the molecule is Cl.[CH2-]CCCCC. The lowest BCUT2D eigenvalue weighted by molar-refractivity contribution is 0.728. The summed E-state index contributed by atoms with van der Waals surface area (Å²) in [6.07, 6.45) is 5.07. The van der Waals surface area contributed by atoms with Crippen molar-refractivity contribution in [3.05, 3.63) is 6.92 Å². The minimum atomic E-state index is 0. The van der Waals surface area contributed by atoms with Crippen molar-refractivity contribution in [2.75, 3.05) is 0 Å². The van der Waals surface area contributed by atoms with Gasteiger partial charge < -0.3 is 6.92 Å². The van der Waals surface area contributed by atoms with Crippen LogP contribution in [0.25, 0.3) is 0 Å². The lowest BCUT2D eigenvalue weighted by Gasteiger charge is -1.91. The zero-order valence-electron chi connectivity index (χ0n) is 4.94. The van der Waals surface area contributed by atoms with Gasteiger partial charge in [-0.05, 0) is 0 Å².